The zero-order chi connectivity index (χ0) is 21.8. The third-order valence-electron chi connectivity index (χ3n) is 5.19. The minimum Gasteiger partial charge on any atom is -0.473 e. The number of sulfonamides is 1. The zero-order valence-corrected chi connectivity index (χ0v) is 18.5. The predicted molar refractivity (Wildman–Crippen MR) is 118 cm³/mol. The Hall–Kier alpha value is -2.62. The van der Waals surface area contributed by atoms with Crippen molar-refractivity contribution in [3.63, 3.8) is 0 Å². The molecule has 3 aromatic rings. The first-order valence-corrected chi connectivity index (χ1v) is 12.2. The largest absolute Gasteiger partial charge is 0.473 e. The van der Waals surface area contributed by atoms with Crippen molar-refractivity contribution in [1.29, 1.82) is 0 Å². The van der Waals surface area contributed by atoms with Gasteiger partial charge >= 0.3 is 0 Å². The van der Waals surface area contributed by atoms with Crippen LogP contribution in [-0.2, 0) is 21.2 Å². The Labute approximate surface area is 182 Å². The number of ether oxygens (including phenoxy) is 2. The molecule has 0 radical (unpaired) electrons. The number of hydrogen-bond acceptors (Lipinski definition) is 7. The zero-order valence-electron chi connectivity index (χ0n) is 17.7. The fourth-order valence-electron chi connectivity index (χ4n) is 3.59. The molecule has 4 rings (SSSR count). The lowest BCUT2D eigenvalue weighted by atomic mass is 10.1. The smallest absolute Gasteiger partial charge is 0.242 e. The summed E-state index contributed by atoms with van der Waals surface area (Å²) in [5.74, 6) is 0.360. The molecular weight excluding hydrogens is 416 g/mol. The van der Waals surface area contributed by atoms with Crippen LogP contribution >= 0.6 is 0 Å². The number of benzene rings is 1. The van der Waals surface area contributed by atoms with Gasteiger partial charge in [0.25, 0.3) is 0 Å². The molecule has 1 aromatic carbocycles. The van der Waals surface area contributed by atoms with Gasteiger partial charge < -0.3 is 9.47 Å². The molecule has 1 atom stereocenters. The lowest BCUT2D eigenvalue weighted by molar-refractivity contribution is -0.0252. The van der Waals surface area contributed by atoms with Crippen LogP contribution in [0.15, 0.2) is 42.7 Å². The average molecular weight is 443 g/mol. The number of rotatable bonds is 7. The molecule has 2 aromatic heterocycles. The highest BCUT2D eigenvalue weighted by Crippen LogP contribution is 2.27. The van der Waals surface area contributed by atoms with Gasteiger partial charge in [-0.25, -0.2) is 18.4 Å². The highest BCUT2D eigenvalue weighted by Gasteiger charge is 2.27. The number of aromatic nitrogens is 3. The fraction of sp³-hybridized carbons (Fsp3) is 0.409. The minimum absolute atomic E-state index is 0.170. The molecule has 1 saturated heterocycles. The molecule has 3 heterocycles. The molecule has 164 valence electrons. The van der Waals surface area contributed by atoms with Crippen molar-refractivity contribution in [3.05, 3.63) is 48.3 Å². The number of aryl methyl sites for hydroxylation is 1. The lowest BCUT2D eigenvalue weighted by Gasteiger charge is -2.30. The number of pyridine rings is 1. The highest BCUT2D eigenvalue weighted by atomic mass is 32.2. The number of morpholine rings is 1. The molecule has 9 heteroatoms. The summed E-state index contributed by atoms with van der Waals surface area (Å²) in [6.45, 7) is 3.27. The first-order valence-electron chi connectivity index (χ1n) is 10.3. The molecule has 0 spiro atoms. The standard InChI is InChI=1S/C22H26N4O4S/c1-3-4-16-5-7-17(8-6-16)19-13-20-21(24-10-9-23-20)22(25-19)30-15-18-14-26(11-12-29-18)31(2,27)28/h5-10,13,18H,3-4,11-12,14-15H2,1-2H3/t18-/m0/s1. The van der Waals surface area contributed by atoms with Crippen molar-refractivity contribution < 1.29 is 17.9 Å². The van der Waals surface area contributed by atoms with Crippen LogP contribution in [0.25, 0.3) is 22.3 Å². The summed E-state index contributed by atoms with van der Waals surface area (Å²) in [6, 6.07) is 10.2. The molecular formula is C22H26N4O4S. The first kappa shape index (κ1) is 21.6. The van der Waals surface area contributed by atoms with E-state index in [1.165, 1.54) is 16.1 Å². The van der Waals surface area contributed by atoms with Crippen LogP contribution in [0, 0.1) is 0 Å². The molecule has 1 aliphatic heterocycles. The van der Waals surface area contributed by atoms with Crippen LogP contribution in [0.2, 0.25) is 0 Å². The van der Waals surface area contributed by atoms with Crippen LogP contribution in [0.1, 0.15) is 18.9 Å². The first-order chi connectivity index (χ1) is 14.9. The van der Waals surface area contributed by atoms with Crippen molar-refractivity contribution in [1.82, 2.24) is 19.3 Å². The van der Waals surface area contributed by atoms with E-state index in [9.17, 15) is 8.42 Å². The molecule has 1 fully saturated rings. The predicted octanol–water partition coefficient (Wildman–Crippen LogP) is 2.68. The van der Waals surface area contributed by atoms with E-state index in [4.69, 9.17) is 9.47 Å². The molecule has 31 heavy (non-hydrogen) atoms. The fourth-order valence-corrected chi connectivity index (χ4v) is 4.43. The molecule has 0 bridgehead atoms. The van der Waals surface area contributed by atoms with Gasteiger partial charge in [0.2, 0.25) is 15.9 Å². The van der Waals surface area contributed by atoms with Gasteiger partial charge in [0.1, 0.15) is 12.7 Å². The topological polar surface area (TPSA) is 94.5 Å². The molecule has 0 unspecified atom stereocenters. The molecule has 8 nitrogen and oxygen atoms in total. The van der Waals surface area contributed by atoms with E-state index in [0.717, 1.165) is 24.1 Å². The van der Waals surface area contributed by atoms with E-state index in [1.54, 1.807) is 12.4 Å². The maximum absolute atomic E-state index is 11.8. The van der Waals surface area contributed by atoms with Crippen molar-refractivity contribution in [2.45, 2.75) is 25.9 Å². The molecule has 0 aliphatic carbocycles. The Kier molecular flexibility index (Phi) is 6.45. The number of hydrogen-bond donors (Lipinski definition) is 0. The van der Waals surface area contributed by atoms with Crippen LogP contribution in [0.4, 0.5) is 0 Å². The van der Waals surface area contributed by atoms with Crippen molar-refractivity contribution in [2.75, 3.05) is 32.6 Å². The minimum atomic E-state index is -3.27. The normalized spacial score (nSPS) is 17.7. The van der Waals surface area contributed by atoms with E-state index in [-0.39, 0.29) is 19.3 Å². The summed E-state index contributed by atoms with van der Waals surface area (Å²) < 4.78 is 36.8. The SMILES string of the molecule is CCCc1ccc(-c2cc3nccnc3c(OC[C@@H]3CN(S(C)(=O)=O)CCO3)n2)cc1. The third-order valence-corrected chi connectivity index (χ3v) is 6.46. The van der Waals surface area contributed by atoms with Gasteiger partial charge in [-0.05, 0) is 18.1 Å². The van der Waals surface area contributed by atoms with E-state index >= 15 is 0 Å². The van der Waals surface area contributed by atoms with Crippen molar-refractivity contribution in [2.24, 2.45) is 0 Å². The van der Waals surface area contributed by atoms with Crippen molar-refractivity contribution in [3.8, 4) is 17.1 Å². The third kappa shape index (κ3) is 5.17. The van der Waals surface area contributed by atoms with E-state index in [2.05, 4.69) is 34.0 Å². The molecule has 0 saturated carbocycles. The summed E-state index contributed by atoms with van der Waals surface area (Å²) in [4.78, 5) is 13.5. The maximum atomic E-state index is 11.8. The summed E-state index contributed by atoms with van der Waals surface area (Å²) in [5.41, 5.74) is 4.24. The second-order valence-electron chi connectivity index (χ2n) is 7.61. The van der Waals surface area contributed by atoms with Gasteiger partial charge in [0.05, 0.1) is 24.1 Å². The molecule has 1 aliphatic rings. The van der Waals surface area contributed by atoms with Crippen LogP contribution in [0.5, 0.6) is 5.88 Å². The van der Waals surface area contributed by atoms with E-state index < -0.39 is 10.0 Å². The quantitative estimate of drug-likeness (QED) is 0.555. The maximum Gasteiger partial charge on any atom is 0.242 e. The van der Waals surface area contributed by atoms with Gasteiger partial charge in [0, 0.05) is 31.0 Å². The summed E-state index contributed by atoms with van der Waals surface area (Å²) in [6.07, 6.45) is 6.19. The van der Waals surface area contributed by atoms with Crippen LogP contribution in [-0.4, -0.2) is 66.3 Å². The number of nitrogens with zero attached hydrogens (tertiary/aromatic N) is 4. The summed E-state index contributed by atoms with van der Waals surface area (Å²) >= 11 is 0. The van der Waals surface area contributed by atoms with E-state index in [0.29, 0.717) is 30.1 Å². The van der Waals surface area contributed by atoms with Gasteiger partial charge in [-0.1, -0.05) is 37.6 Å². The van der Waals surface area contributed by atoms with E-state index in [1.807, 2.05) is 18.2 Å². The highest BCUT2D eigenvalue weighted by molar-refractivity contribution is 7.88. The molecule has 0 N–H and O–H groups in total. The monoisotopic (exact) mass is 442 g/mol. The van der Waals surface area contributed by atoms with Crippen LogP contribution < -0.4 is 4.74 Å². The second-order valence-corrected chi connectivity index (χ2v) is 9.59. The van der Waals surface area contributed by atoms with Gasteiger partial charge in [-0.3, -0.25) is 4.98 Å². The summed E-state index contributed by atoms with van der Waals surface area (Å²) in [7, 11) is -3.27. The van der Waals surface area contributed by atoms with Crippen molar-refractivity contribution >= 4 is 21.1 Å². The Balaban J connectivity index is 1.58. The summed E-state index contributed by atoms with van der Waals surface area (Å²) in [5, 5.41) is 0. The average Bonchev–Trinajstić information content (AvgIpc) is 2.77. The lowest BCUT2D eigenvalue weighted by Crippen LogP contribution is -2.47. The second kappa shape index (κ2) is 9.25. The van der Waals surface area contributed by atoms with Gasteiger partial charge in [-0.15, -0.1) is 0 Å². The Morgan fingerprint density at radius 2 is 1.97 bits per heavy atom. The Morgan fingerprint density at radius 3 is 2.71 bits per heavy atom. The van der Waals surface area contributed by atoms with Gasteiger partial charge in [0.15, 0.2) is 5.52 Å². The van der Waals surface area contributed by atoms with Gasteiger partial charge in [-0.2, -0.15) is 4.31 Å². The van der Waals surface area contributed by atoms with Crippen LogP contribution in [0.3, 0.4) is 0 Å². The Bertz CT molecular complexity index is 1150. The number of fused-ring (bicyclic) bond motifs is 1. The molecule has 0 amide bonds. The Morgan fingerprint density at radius 1 is 1.19 bits per heavy atom.